The summed E-state index contributed by atoms with van der Waals surface area (Å²) in [5, 5.41) is 12.2. The summed E-state index contributed by atoms with van der Waals surface area (Å²) in [6.45, 7) is 14.5. The van der Waals surface area contributed by atoms with Crippen LogP contribution in [0.2, 0.25) is 0 Å². The van der Waals surface area contributed by atoms with Gasteiger partial charge in [-0.3, -0.25) is 14.9 Å². The summed E-state index contributed by atoms with van der Waals surface area (Å²) < 4.78 is 0. The third-order valence-electron chi connectivity index (χ3n) is 4.68. The van der Waals surface area contributed by atoms with Crippen LogP contribution in [-0.4, -0.2) is 39.5 Å². The van der Waals surface area contributed by atoms with Gasteiger partial charge in [-0.05, 0) is 44.6 Å². The molecule has 0 aliphatic heterocycles. The highest BCUT2D eigenvalue weighted by Gasteiger charge is 2.24. The molecule has 1 aromatic carbocycles. The Morgan fingerprint density at radius 1 is 1.17 bits per heavy atom. The lowest BCUT2D eigenvalue weighted by Gasteiger charge is -2.29. The smallest absolute Gasteiger partial charge is 0.245 e. The number of hydrogen-bond acceptors (Lipinski definition) is 5. The predicted molar refractivity (Wildman–Crippen MR) is 123 cm³/mol. The number of aromatic nitrogens is 2. The first-order valence-corrected chi connectivity index (χ1v) is 11.3. The van der Waals surface area contributed by atoms with Gasteiger partial charge in [0.1, 0.15) is 11.6 Å². The molecule has 1 N–H and O–H groups in total. The van der Waals surface area contributed by atoms with Crippen LogP contribution in [0.1, 0.15) is 59.9 Å². The molecule has 30 heavy (non-hydrogen) atoms. The summed E-state index contributed by atoms with van der Waals surface area (Å²) in [5.41, 5.74) is 2.28. The molecule has 0 aliphatic rings. The van der Waals surface area contributed by atoms with Crippen LogP contribution in [0.15, 0.2) is 24.3 Å². The number of carbonyl (C=O) groups excluding carboxylic acids is 2. The Hall–Kier alpha value is -2.28. The van der Waals surface area contributed by atoms with E-state index in [0.29, 0.717) is 11.6 Å². The molecule has 1 atom stereocenters. The molecule has 2 aromatic rings. The van der Waals surface area contributed by atoms with Crippen LogP contribution in [0.3, 0.4) is 0 Å². The third-order valence-corrected chi connectivity index (χ3v) is 5.57. The molecule has 0 aliphatic carbocycles. The minimum absolute atomic E-state index is 0.00890. The summed E-state index contributed by atoms with van der Waals surface area (Å²) in [6.07, 6.45) is 1.41. The maximum Gasteiger partial charge on any atom is 0.245 e. The van der Waals surface area contributed by atoms with E-state index in [1.807, 2.05) is 45.0 Å². The molecule has 0 saturated heterocycles. The van der Waals surface area contributed by atoms with Crippen LogP contribution in [-0.2, 0) is 9.59 Å². The summed E-state index contributed by atoms with van der Waals surface area (Å²) in [4.78, 5) is 27.0. The fourth-order valence-corrected chi connectivity index (χ4v) is 4.33. The molecule has 164 valence electrons. The van der Waals surface area contributed by atoms with Crippen LogP contribution in [0.4, 0.5) is 5.13 Å². The number of benzene rings is 1. The van der Waals surface area contributed by atoms with Crippen molar-refractivity contribution >= 4 is 28.3 Å². The standard InChI is InChI=1S/C23H34N4O2S/c1-15(2)27(20(29)12-17(4)13-23(5,6)7)14-19(28)24-22-26-25-21(30-22)18-10-8-9-16(3)11-18/h8-11,15,17H,12-14H2,1-7H3,(H,24,26,28). The van der Waals surface area contributed by atoms with Gasteiger partial charge < -0.3 is 4.90 Å². The average Bonchev–Trinajstić information content (AvgIpc) is 3.06. The normalized spacial score (nSPS) is 12.7. The van der Waals surface area contributed by atoms with Crippen LogP contribution >= 0.6 is 11.3 Å². The molecule has 7 heteroatoms. The Kier molecular flexibility index (Phi) is 8.12. The predicted octanol–water partition coefficient (Wildman–Crippen LogP) is 5.15. The van der Waals surface area contributed by atoms with Crippen molar-refractivity contribution in [2.24, 2.45) is 11.3 Å². The largest absolute Gasteiger partial charge is 0.331 e. The van der Waals surface area contributed by atoms with Gasteiger partial charge in [-0.1, -0.05) is 62.8 Å². The van der Waals surface area contributed by atoms with Crippen LogP contribution in [0.5, 0.6) is 0 Å². The van der Waals surface area contributed by atoms with Gasteiger partial charge in [0.05, 0.1) is 0 Å². The number of carbonyl (C=O) groups is 2. The number of hydrogen-bond donors (Lipinski definition) is 1. The Labute approximate surface area is 184 Å². The van der Waals surface area contributed by atoms with Crippen molar-refractivity contribution in [3.8, 4) is 10.6 Å². The summed E-state index contributed by atoms with van der Waals surface area (Å²) in [5.74, 6) is 0.0175. The molecule has 2 amide bonds. The molecular formula is C23H34N4O2S. The van der Waals surface area contributed by atoms with Crippen molar-refractivity contribution < 1.29 is 9.59 Å². The zero-order valence-electron chi connectivity index (χ0n) is 19.2. The molecule has 1 unspecified atom stereocenters. The van der Waals surface area contributed by atoms with Gasteiger partial charge in [0.2, 0.25) is 16.9 Å². The molecule has 0 fully saturated rings. The van der Waals surface area contributed by atoms with Gasteiger partial charge >= 0.3 is 0 Å². The Bertz CT molecular complexity index is 870. The van der Waals surface area contributed by atoms with Crippen molar-refractivity contribution in [1.29, 1.82) is 0 Å². The fourth-order valence-electron chi connectivity index (χ4n) is 3.57. The van der Waals surface area contributed by atoms with E-state index in [1.165, 1.54) is 11.3 Å². The van der Waals surface area contributed by atoms with E-state index in [1.54, 1.807) is 4.90 Å². The monoisotopic (exact) mass is 430 g/mol. The van der Waals surface area contributed by atoms with Crippen molar-refractivity contribution in [3.05, 3.63) is 29.8 Å². The van der Waals surface area contributed by atoms with Gasteiger partial charge in [0, 0.05) is 18.0 Å². The summed E-state index contributed by atoms with van der Waals surface area (Å²) in [6, 6.07) is 7.94. The topological polar surface area (TPSA) is 75.2 Å². The van der Waals surface area contributed by atoms with E-state index in [4.69, 9.17) is 0 Å². The molecule has 1 aromatic heterocycles. The molecule has 1 heterocycles. The minimum atomic E-state index is -0.257. The van der Waals surface area contributed by atoms with E-state index in [2.05, 4.69) is 43.2 Å². The third kappa shape index (κ3) is 7.52. The first-order chi connectivity index (χ1) is 13.9. The summed E-state index contributed by atoms with van der Waals surface area (Å²) in [7, 11) is 0. The van der Waals surface area contributed by atoms with Crippen molar-refractivity contribution in [3.63, 3.8) is 0 Å². The highest BCUT2D eigenvalue weighted by Crippen LogP contribution is 2.28. The van der Waals surface area contributed by atoms with Crippen molar-refractivity contribution in [2.75, 3.05) is 11.9 Å². The van der Waals surface area contributed by atoms with E-state index < -0.39 is 0 Å². The van der Waals surface area contributed by atoms with Crippen LogP contribution < -0.4 is 5.32 Å². The highest BCUT2D eigenvalue weighted by molar-refractivity contribution is 7.18. The number of amides is 2. The van der Waals surface area contributed by atoms with Gasteiger partial charge in [-0.2, -0.15) is 0 Å². The van der Waals surface area contributed by atoms with E-state index >= 15 is 0 Å². The molecule has 0 radical (unpaired) electrons. The zero-order chi connectivity index (χ0) is 22.5. The molecule has 0 spiro atoms. The molecule has 2 rings (SSSR count). The van der Waals surface area contributed by atoms with E-state index in [0.717, 1.165) is 22.6 Å². The van der Waals surface area contributed by atoms with Gasteiger partial charge in [-0.15, -0.1) is 10.2 Å². The van der Waals surface area contributed by atoms with Crippen LogP contribution in [0.25, 0.3) is 10.6 Å². The zero-order valence-corrected chi connectivity index (χ0v) is 20.0. The number of anilines is 1. The second kappa shape index (κ2) is 10.2. The second-order valence-corrected chi connectivity index (χ2v) is 10.5. The molecular weight excluding hydrogens is 396 g/mol. The molecule has 6 nitrogen and oxygen atoms in total. The number of aryl methyl sites for hydroxylation is 1. The number of nitrogens with one attached hydrogen (secondary N) is 1. The Morgan fingerprint density at radius 2 is 1.87 bits per heavy atom. The molecule has 0 saturated carbocycles. The number of rotatable bonds is 8. The Morgan fingerprint density at radius 3 is 2.47 bits per heavy atom. The van der Waals surface area contributed by atoms with Crippen molar-refractivity contribution in [1.82, 2.24) is 15.1 Å². The number of nitrogens with zero attached hydrogens (tertiary/aromatic N) is 3. The van der Waals surface area contributed by atoms with Gasteiger partial charge in [-0.25, -0.2) is 0 Å². The van der Waals surface area contributed by atoms with Crippen LogP contribution in [0, 0.1) is 18.3 Å². The van der Waals surface area contributed by atoms with Crippen molar-refractivity contribution in [2.45, 2.75) is 67.3 Å². The maximum absolute atomic E-state index is 12.8. The molecule has 0 bridgehead atoms. The Balaban J connectivity index is 1.98. The lowest BCUT2D eigenvalue weighted by atomic mass is 9.84. The maximum atomic E-state index is 12.8. The van der Waals surface area contributed by atoms with E-state index in [-0.39, 0.29) is 35.7 Å². The quantitative estimate of drug-likeness (QED) is 0.628. The lowest BCUT2D eigenvalue weighted by Crippen LogP contribution is -2.43. The SMILES string of the molecule is Cc1cccc(-c2nnc(NC(=O)CN(C(=O)CC(C)CC(C)(C)C)C(C)C)s2)c1. The first-order valence-electron chi connectivity index (χ1n) is 10.4. The minimum Gasteiger partial charge on any atom is -0.331 e. The van der Waals surface area contributed by atoms with Gasteiger partial charge in [0.25, 0.3) is 0 Å². The lowest BCUT2D eigenvalue weighted by molar-refractivity contribution is -0.137. The van der Waals surface area contributed by atoms with Gasteiger partial charge in [0.15, 0.2) is 0 Å². The average molecular weight is 431 g/mol. The second-order valence-electron chi connectivity index (χ2n) is 9.52. The fraction of sp³-hybridized carbons (Fsp3) is 0.565. The first kappa shape index (κ1) is 24.0. The highest BCUT2D eigenvalue weighted by atomic mass is 32.1. The van der Waals surface area contributed by atoms with E-state index in [9.17, 15) is 9.59 Å². The summed E-state index contributed by atoms with van der Waals surface area (Å²) >= 11 is 1.33.